The second-order valence-electron chi connectivity index (χ2n) is 4.69. The summed E-state index contributed by atoms with van der Waals surface area (Å²) in [5.41, 5.74) is 7.06. The minimum atomic E-state index is -3.54. The summed E-state index contributed by atoms with van der Waals surface area (Å²) in [5.74, 6) is 0. The van der Waals surface area contributed by atoms with E-state index in [-0.39, 0.29) is 17.5 Å². The van der Waals surface area contributed by atoms with Crippen molar-refractivity contribution >= 4 is 21.6 Å². The molecule has 6 heteroatoms. The van der Waals surface area contributed by atoms with Crippen LogP contribution >= 0.6 is 11.6 Å². The Balaban J connectivity index is 3.48. The Hall–Kier alpha value is -0.620. The lowest BCUT2D eigenvalue weighted by molar-refractivity contribution is 0.369. The first-order chi connectivity index (χ1) is 8.75. The van der Waals surface area contributed by atoms with E-state index in [9.17, 15) is 8.42 Å². The fourth-order valence-electron chi connectivity index (χ4n) is 2.13. The Morgan fingerprint density at radius 1 is 1.37 bits per heavy atom. The topological polar surface area (TPSA) is 63.4 Å². The van der Waals surface area contributed by atoms with Crippen LogP contribution < -0.4 is 5.73 Å². The molecule has 0 fully saturated rings. The van der Waals surface area contributed by atoms with E-state index in [0.717, 1.165) is 5.56 Å². The Kier molecular flexibility index (Phi) is 5.38. The van der Waals surface area contributed by atoms with Crippen molar-refractivity contribution in [2.45, 2.75) is 45.2 Å². The summed E-state index contributed by atoms with van der Waals surface area (Å²) in [6.45, 7) is 7.98. The molecular weight excluding hydrogens is 284 g/mol. The van der Waals surface area contributed by atoms with Gasteiger partial charge in [-0.15, -0.1) is 0 Å². The molecule has 1 aromatic carbocycles. The van der Waals surface area contributed by atoms with Gasteiger partial charge < -0.3 is 5.73 Å². The monoisotopic (exact) mass is 304 g/mol. The molecule has 108 valence electrons. The van der Waals surface area contributed by atoms with E-state index in [0.29, 0.717) is 17.1 Å². The van der Waals surface area contributed by atoms with Gasteiger partial charge in [0.15, 0.2) is 0 Å². The van der Waals surface area contributed by atoms with Gasteiger partial charge in [0, 0.05) is 24.2 Å². The van der Waals surface area contributed by atoms with Crippen molar-refractivity contribution < 1.29 is 8.42 Å². The molecule has 0 unspecified atom stereocenters. The van der Waals surface area contributed by atoms with Gasteiger partial charge >= 0.3 is 0 Å². The minimum Gasteiger partial charge on any atom is -0.326 e. The molecule has 0 aliphatic heterocycles. The van der Waals surface area contributed by atoms with Crippen molar-refractivity contribution in [3.8, 4) is 0 Å². The second kappa shape index (κ2) is 6.22. The predicted octanol–water partition coefficient (Wildman–Crippen LogP) is 2.53. The molecule has 1 aromatic rings. The van der Waals surface area contributed by atoms with Crippen LogP contribution in [-0.2, 0) is 16.6 Å². The van der Waals surface area contributed by atoms with Crippen LogP contribution in [0, 0.1) is 6.92 Å². The molecule has 19 heavy (non-hydrogen) atoms. The van der Waals surface area contributed by atoms with Gasteiger partial charge in [0.05, 0.1) is 4.90 Å². The Labute approximate surface area is 120 Å². The summed E-state index contributed by atoms with van der Waals surface area (Å²) >= 11 is 6.00. The first kappa shape index (κ1) is 16.4. The maximum atomic E-state index is 12.7. The van der Waals surface area contributed by atoms with E-state index in [1.807, 2.05) is 20.8 Å². The average Bonchev–Trinajstić information content (AvgIpc) is 2.31. The number of halogens is 1. The van der Waals surface area contributed by atoms with Crippen LogP contribution in [0.2, 0.25) is 5.02 Å². The molecular formula is C13H21ClN2O2S. The fourth-order valence-corrected chi connectivity index (χ4v) is 4.37. The maximum Gasteiger partial charge on any atom is 0.243 e. The molecule has 0 bridgehead atoms. The Bertz CT molecular complexity index is 556. The summed E-state index contributed by atoms with van der Waals surface area (Å²) < 4.78 is 26.8. The van der Waals surface area contributed by atoms with Crippen molar-refractivity contribution in [1.82, 2.24) is 4.31 Å². The molecule has 0 saturated heterocycles. The summed E-state index contributed by atoms with van der Waals surface area (Å²) in [7, 11) is -3.54. The quantitative estimate of drug-likeness (QED) is 0.909. The van der Waals surface area contributed by atoms with Gasteiger partial charge in [0.1, 0.15) is 0 Å². The van der Waals surface area contributed by atoms with Crippen molar-refractivity contribution in [3.63, 3.8) is 0 Å². The van der Waals surface area contributed by atoms with Crippen molar-refractivity contribution in [1.29, 1.82) is 0 Å². The third-order valence-corrected chi connectivity index (χ3v) is 5.62. The molecule has 0 aliphatic rings. The molecule has 0 radical (unpaired) electrons. The lowest BCUT2D eigenvalue weighted by atomic mass is 10.1. The molecule has 0 heterocycles. The zero-order chi connectivity index (χ0) is 14.8. The summed E-state index contributed by atoms with van der Waals surface area (Å²) in [4.78, 5) is 0.246. The van der Waals surface area contributed by atoms with E-state index < -0.39 is 10.0 Å². The van der Waals surface area contributed by atoms with Crippen LogP contribution in [0.25, 0.3) is 0 Å². The fraction of sp³-hybridized carbons (Fsp3) is 0.538. The SMILES string of the molecule is CCN(C(C)C)S(=O)(=O)c1cc(Cl)cc(CN)c1C. The molecule has 0 amide bonds. The Morgan fingerprint density at radius 3 is 2.37 bits per heavy atom. The number of nitrogens with zero attached hydrogens (tertiary/aromatic N) is 1. The average molecular weight is 305 g/mol. The maximum absolute atomic E-state index is 12.7. The van der Waals surface area contributed by atoms with Gasteiger partial charge in [-0.25, -0.2) is 8.42 Å². The van der Waals surface area contributed by atoms with E-state index >= 15 is 0 Å². The summed E-state index contributed by atoms with van der Waals surface area (Å²) in [5, 5.41) is 0.393. The van der Waals surface area contributed by atoms with Crippen molar-refractivity contribution in [2.75, 3.05) is 6.54 Å². The number of rotatable bonds is 5. The first-order valence-electron chi connectivity index (χ1n) is 6.26. The van der Waals surface area contributed by atoms with Gasteiger partial charge in [-0.3, -0.25) is 0 Å². The van der Waals surface area contributed by atoms with E-state index in [2.05, 4.69) is 0 Å². The number of hydrogen-bond acceptors (Lipinski definition) is 3. The van der Waals surface area contributed by atoms with Gasteiger partial charge in [-0.2, -0.15) is 4.31 Å². The third kappa shape index (κ3) is 3.28. The molecule has 0 aliphatic carbocycles. The highest BCUT2D eigenvalue weighted by atomic mass is 35.5. The Morgan fingerprint density at radius 2 is 1.95 bits per heavy atom. The number of benzene rings is 1. The zero-order valence-corrected chi connectivity index (χ0v) is 13.3. The molecule has 1 rings (SSSR count). The van der Waals surface area contributed by atoms with Crippen molar-refractivity contribution in [2.24, 2.45) is 5.73 Å². The van der Waals surface area contributed by atoms with E-state index in [1.165, 1.54) is 10.4 Å². The molecule has 0 spiro atoms. The van der Waals surface area contributed by atoms with Crippen LogP contribution in [-0.4, -0.2) is 25.3 Å². The highest BCUT2D eigenvalue weighted by molar-refractivity contribution is 7.89. The highest BCUT2D eigenvalue weighted by Crippen LogP contribution is 2.27. The van der Waals surface area contributed by atoms with Crippen LogP contribution in [0.15, 0.2) is 17.0 Å². The van der Waals surface area contributed by atoms with Gasteiger partial charge in [0.2, 0.25) is 10.0 Å². The smallest absolute Gasteiger partial charge is 0.243 e. The third-order valence-electron chi connectivity index (χ3n) is 3.13. The van der Waals surface area contributed by atoms with Gasteiger partial charge in [-0.1, -0.05) is 18.5 Å². The van der Waals surface area contributed by atoms with Crippen LogP contribution in [0.4, 0.5) is 0 Å². The number of sulfonamides is 1. The van der Waals surface area contributed by atoms with Crippen LogP contribution in [0.5, 0.6) is 0 Å². The van der Waals surface area contributed by atoms with Crippen LogP contribution in [0.3, 0.4) is 0 Å². The molecule has 0 saturated carbocycles. The number of nitrogens with two attached hydrogens (primary N) is 1. The molecule has 2 N–H and O–H groups in total. The van der Waals surface area contributed by atoms with Gasteiger partial charge in [0.25, 0.3) is 0 Å². The lowest BCUT2D eigenvalue weighted by Crippen LogP contribution is -2.37. The van der Waals surface area contributed by atoms with E-state index in [1.54, 1.807) is 13.0 Å². The normalized spacial score (nSPS) is 12.4. The molecule has 4 nitrogen and oxygen atoms in total. The van der Waals surface area contributed by atoms with Crippen LogP contribution in [0.1, 0.15) is 31.9 Å². The second-order valence-corrected chi connectivity index (χ2v) is 6.99. The largest absolute Gasteiger partial charge is 0.326 e. The van der Waals surface area contributed by atoms with Gasteiger partial charge in [-0.05, 0) is 44.0 Å². The minimum absolute atomic E-state index is 0.102. The van der Waals surface area contributed by atoms with Crippen molar-refractivity contribution in [3.05, 3.63) is 28.3 Å². The number of hydrogen-bond donors (Lipinski definition) is 1. The standard InChI is InChI=1S/C13H21ClN2O2S/c1-5-16(9(2)3)19(17,18)13-7-12(14)6-11(8-15)10(13)4/h6-7,9H,5,8,15H2,1-4H3. The summed E-state index contributed by atoms with van der Waals surface area (Å²) in [6.07, 6.45) is 0. The molecule has 0 atom stereocenters. The van der Waals surface area contributed by atoms with E-state index in [4.69, 9.17) is 17.3 Å². The highest BCUT2D eigenvalue weighted by Gasteiger charge is 2.28. The predicted molar refractivity (Wildman–Crippen MR) is 78.8 cm³/mol. The zero-order valence-electron chi connectivity index (χ0n) is 11.8. The lowest BCUT2D eigenvalue weighted by Gasteiger charge is -2.25. The molecule has 0 aromatic heterocycles. The first-order valence-corrected chi connectivity index (χ1v) is 8.08. The summed E-state index contributed by atoms with van der Waals surface area (Å²) in [6, 6.07) is 3.10.